The summed E-state index contributed by atoms with van der Waals surface area (Å²) in [6, 6.07) is 0. The standard InChI is InChI=1S/C38H80B2N2O8/c1-7-9-11-13-15-17-19-21-23-25-27-29-37(43)49-35(31-41(3,4)33-39(45)46)36(32-42(5,6)34-40(47)48)50-38(44)30-28-26-24-22-20-18-16-14-12-10-8-2/h35-36,45-48H,7-34H2,1-6H3/q+2. The highest BCUT2D eigenvalue weighted by Crippen LogP contribution is 2.19. The number of nitrogens with zero attached hydrogens (tertiary/aromatic N) is 2. The van der Waals surface area contributed by atoms with Crippen LogP contribution in [-0.4, -0.2) is 122 Å². The molecule has 2 atom stereocenters. The SMILES string of the molecule is CCCCCCCCCCCCCC(=O)OC(C[N+](C)(C)CB(O)O)C(C[N+](C)(C)CB(O)O)OC(=O)CCCCCCCCCCCCC. The van der Waals surface area contributed by atoms with Crippen molar-refractivity contribution in [1.29, 1.82) is 0 Å². The van der Waals surface area contributed by atoms with Crippen molar-refractivity contribution in [3.8, 4) is 0 Å². The molecule has 0 aliphatic rings. The maximum Gasteiger partial charge on any atom is 0.511 e. The topological polar surface area (TPSA) is 134 Å². The van der Waals surface area contributed by atoms with Crippen LogP contribution in [-0.2, 0) is 19.1 Å². The van der Waals surface area contributed by atoms with Crippen LogP contribution < -0.4 is 0 Å². The van der Waals surface area contributed by atoms with E-state index in [0.717, 1.165) is 38.5 Å². The summed E-state index contributed by atoms with van der Waals surface area (Å²) >= 11 is 0. The fraction of sp³-hybridized carbons (Fsp3) is 0.947. The zero-order chi connectivity index (χ0) is 37.7. The molecule has 0 aromatic heterocycles. The molecule has 0 saturated heterocycles. The molecule has 4 N–H and O–H groups in total. The van der Waals surface area contributed by atoms with Gasteiger partial charge in [-0.2, -0.15) is 0 Å². The second kappa shape index (κ2) is 30.3. The molecule has 294 valence electrons. The minimum atomic E-state index is -1.56. The number of carbonyl (C=O) groups is 2. The van der Waals surface area contributed by atoms with E-state index in [1.165, 1.54) is 103 Å². The summed E-state index contributed by atoms with van der Waals surface area (Å²) in [6.07, 6.45) is 24.7. The first kappa shape index (κ1) is 48.8. The molecule has 12 heteroatoms. The van der Waals surface area contributed by atoms with Gasteiger partial charge in [-0.15, -0.1) is 0 Å². The lowest BCUT2D eigenvalue weighted by Gasteiger charge is -2.38. The third-order valence-corrected chi connectivity index (χ3v) is 9.61. The Morgan fingerprint density at radius 3 is 0.940 bits per heavy atom. The van der Waals surface area contributed by atoms with Crippen LogP contribution in [0, 0.1) is 0 Å². The maximum absolute atomic E-state index is 13.2. The van der Waals surface area contributed by atoms with Crippen molar-refractivity contribution in [2.24, 2.45) is 0 Å². The highest BCUT2D eigenvalue weighted by atomic mass is 16.6. The second-order valence-corrected chi connectivity index (χ2v) is 16.2. The molecule has 0 amide bonds. The molecule has 0 fully saturated rings. The Kier molecular flexibility index (Phi) is 29.6. The molecular weight excluding hydrogens is 634 g/mol. The van der Waals surface area contributed by atoms with E-state index in [1.807, 2.05) is 28.2 Å². The van der Waals surface area contributed by atoms with Crippen LogP contribution >= 0.6 is 0 Å². The number of rotatable bonds is 35. The van der Waals surface area contributed by atoms with Gasteiger partial charge in [0.25, 0.3) is 0 Å². The van der Waals surface area contributed by atoms with Gasteiger partial charge in [0.2, 0.25) is 0 Å². The van der Waals surface area contributed by atoms with Crippen LogP contribution in [0.1, 0.15) is 168 Å². The van der Waals surface area contributed by atoms with Gasteiger partial charge in [0.1, 0.15) is 26.0 Å². The van der Waals surface area contributed by atoms with Crippen molar-refractivity contribution in [3.05, 3.63) is 0 Å². The van der Waals surface area contributed by atoms with Crippen LogP contribution in [0.15, 0.2) is 0 Å². The molecule has 0 aliphatic carbocycles. The average molecular weight is 715 g/mol. The Bertz CT molecular complexity index is 767. The third kappa shape index (κ3) is 30.5. The summed E-state index contributed by atoms with van der Waals surface area (Å²) < 4.78 is 12.4. The summed E-state index contributed by atoms with van der Waals surface area (Å²) in [5.74, 6) is -0.733. The molecule has 0 bridgehead atoms. The Morgan fingerprint density at radius 2 is 0.700 bits per heavy atom. The van der Waals surface area contributed by atoms with E-state index in [9.17, 15) is 29.7 Å². The van der Waals surface area contributed by atoms with Crippen molar-refractivity contribution in [3.63, 3.8) is 0 Å². The quantitative estimate of drug-likeness (QED) is 0.0257. The van der Waals surface area contributed by atoms with Crippen LogP contribution in [0.25, 0.3) is 0 Å². The molecule has 0 aromatic rings. The van der Waals surface area contributed by atoms with E-state index in [2.05, 4.69) is 13.8 Å². The molecule has 0 aromatic carbocycles. The number of esters is 2. The second-order valence-electron chi connectivity index (χ2n) is 16.2. The summed E-state index contributed by atoms with van der Waals surface area (Å²) in [7, 11) is 4.13. The van der Waals surface area contributed by atoms with E-state index in [4.69, 9.17) is 9.47 Å². The third-order valence-electron chi connectivity index (χ3n) is 9.61. The molecule has 10 nitrogen and oxygen atoms in total. The number of hydrogen-bond donors (Lipinski definition) is 4. The molecule has 0 radical (unpaired) electrons. The molecular formula is C38H80B2N2O8+2. The van der Waals surface area contributed by atoms with Crippen LogP contribution in [0.2, 0.25) is 0 Å². The van der Waals surface area contributed by atoms with Crippen molar-refractivity contribution < 1.29 is 48.1 Å². The first-order chi connectivity index (χ1) is 23.7. The predicted octanol–water partition coefficient (Wildman–Crippen LogP) is 6.39. The number of likely N-dealkylation sites (N-methyl/N-ethyl adjacent to an activating group) is 2. The lowest BCUT2D eigenvalue weighted by Crippen LogP contribution is -2.59. The molecule has 0 heterocycles. The number of quaternary nitrogens is 2. The fourth-order valence-electron chi connectivity index (χ4n) is 6.79. The number of ether oxygens (including phenoxy) is 2. The van der Waals surface area contributed by atoms with Crippen LogP contribution in [0.5, 0.6) is 0 Å². The molecule has 0 rings (SSSR count). The normalized spacial score (nSPS) is 13.2. The fourth-order valence-corrected chi connectivity index (χ4v) is 6.79. The van der Waals surface area contributed by atoms with Crippen molar-refractivity contribution >= 4 is 26.2 Å². The zero-order valence-corrected chi connectivity index (χ0v) is 33.4. The smallest absolute Gasteiger partial charge is 0.452 e. The van der Waals surface area contributed by atoms with Gasteiger partial charge in [-0.25, -0.2) is 0 Å². The Labute approximate surface area is 308 Å². The van der Waals surface area contributed by atoms with Crippen molar-refractivity contribution in [2.45, 2.75) is 180 Å². The van der Waals surface area contributed by atoms with Gasteiger partial charge in [0.05, 0.1) is 28.2 Å². The number of unbranched alkanes of at least 4 members (excludes halogenated alkanes) is 20. The lowest BCUT2D eigenvalue weighted by molar-refractivity contribution is -0.892. The van der Waals surface area contributed by atoms with E-state index in [1.54, 1.807) is 0 Å². The summed E-state index contributed by atoms with van der Waals surface area (Å²) in [4.78, 5) is 26.4. The monoisotopic (exact) mass is 715 g/mol. The predicted molar refractivity (Wildman–Crippen MR) is 206 cm³/mol. The van der Waals surface area contributed by atoms with Crippen molar-refractivity contribution in [1.82, 2.24) is 0 Å². The molecule has 0 spiro atoms. The largest absolute Gasteiger partial charge is 0.511 e. The van der Waals surface area contributed by atoms with Gasteiger partial charge in [-0.3, -0.25) is 9.59 Å². The van der Waals surface area contributed by atoms with Gasteiger partial charge in [-0.05, 0) is 12.8 Å². The van der Waals surface area contributed by atoms with Crippen LogP contribution in [0.3, 0.4) is 0 Å². The highest BCUT2D eigenvalue weighted by molar-refractivity contribution is 6.40. The maximum atomic E-state index is 13.2. The van der Waals surface area contributed by atoms with Crippen LogP contribution in [0.4, 0.5) is 0 Å². The first-order valence-electron chi connectivity index (χ1n) is 20.5. The minimum absolute atomic E-state index is 0.000332. The first-order valence-corrected chi connectivity index (χ1v) is 20.5. The minimum Gasteiger partial charge on any atom is -0.452 e. The number of hydrogen-bond acceptors (Lipinski definition) is 8. The highest BCUT2D eigenvalue weighted by Gasteiger charge is 2.40. The van der Waals surface area contributed by atoms with Gasteiger partial charge in [-0.1, -0.05) is 142 Å². The molecule has 2 unspecified atom stereocenters. The summed E-state index contributed by atoms with van der Waals surface area (Å²) in [6.45, 7) is 4.86. The van der Waals surface area contributed by atoms with E-state index < -0.39 is 26.4 Å². The van der Waals surface area contributed by atoms with E-state index in [-0.39, 0.29) is 59.7 Å². The van der Waals surface area contributed by atoms with Crippen molar-refractivity contribution in [2.75, 3.05) is 54.2 Å². The lowest BCUT2D eigenvalue weighted by atomic mass is 9.89. The Hall–Kier alpha value is -1.17. The van der Waals surface area contributed by atoms with Gasteiger partial charge in [0, 0.05) is 12.8 Å². The Balaban J connectivity index is 5.25. The van der Waals surface area contributed by atoms with E-state index in [0.29, 0.717) is 0 Å². The molecule has 0 saturated carbocycles. The molecule has 50 heavy (non-hydrogen) atoms. The number of carbonyl (C=O) groups excluding carboxylic acids is 2. The van der Waals surface area contributed by atoms with Gasteiger partial charge < -0.3 is 38.5 Å². The Morgan fingerprint density at radius 1 is 0.460 bits per heavy atom. The van der Waals surface area contributed by atoms with E-state index >= 15 is 0 Å². The summed E-state index contributed by atoms with van der Waals surface area (Å²) in [5.41, 5.74) is 0. The zero-order valence-electron chi connectivity index (χ0n) is 33.4. The van der Waals surface area contributed by atoms with Gasteiger partial charge in [0.15, 0.2) is 12.2 Å². The van der Waals surface area contributed by atoms with Gasteiger partial charge >= 0.3 is 26.2 Å². The average Bonchev–Trinajstić information content (AvgIpc) is 3.00. The summed E-state index contributed by atoms with van der Waals surface area (Å²) in [5, 5.41) is 39.0. The molecule has 0 aliphatic heterocycles.